The van der Waals surface area contributed by atoms with Crippen LogP contribution in [0.1, 0.15) is 38.7 Å². The molecule has 0 aromatic heterocycles. The van der Waals surface area contributed by atoms with Crippen LogP contribution in [0.15, 0.2) is 24.3 Å². The first kappa shape index (κ1) is 18.8. The maximum atomic E-state index is 12.4. The Bertz CT molecular complexity index is 471. The summed E-state index contributed by atoms with van der Waals surface area (Å²) in [5, 5.41) is 3.31. The number of hydrogen-bond acceptors (Lipinski definition) is 3. The Labute approximate surface area is 139 Å². The summed E-state index contributed by atoms with van der Waals surface area (Å²) in [6, 6.07) is 8.01. The number of nitrogens with zero attached hydrogens (tertiary/aromatic N) is 1. The summed E-state index contributed by atoms with van der Waals surface area (Å²) in [6.45, 7) is 9.55. The van der Waals surface area contributed by atoms with Crippen LogP contribution < -0.4 is 10.1 Å². The molecule has 1 atom stereocenters. The standard InChI is InChI=1S/C17H26N2O2.ClH/c1-13(2)15-6-4-7-16(12-15)21-14(3)17(20)19-10-5-8-18-9-11-19;/h4,6-7,12-14,18H,5,8-11H2,1-3H3;1H. The topological polar surface area (TPSA) is 41.6 Å². The average molecular weight is 327 g/mol. The number of benzene rings is 1. The molecule has 4 nitrogen and oxygen atoms in total. The predicted octanol–water partition coefficient (Wildman–Crippen LogP) is 2.82. The van der Waals surface area contributed by atoms with E-state index in [9.17, 15) is 4.79 Å². The van der Waals surface area contributed by atoms with Gasteiger partial charge in [-0.25, -0.2) is 0 Å². The highest BCUT2D eigenvalue weighted by Gasteiger charge is 2.22. The zero-order valence-electron chi connectivity index (χ0n) is 13.7. The van der Waals surface area contributed by atoms with Gasteiger partial charge in [0.25, 0.3) is 5.91 Å². The Morgan fingerprint density at radius 3 is 2.73 bits per heavy atom. The van der Waals surface area contributed by atoms with Crippen LogP contribution >= 0.6 is 12.4 Å². The van der Waals surface area contributed by atoms with Crippen molar-refractivity contribution in [2.24, 2.45) is 0 Å². The molecule has 0 radical (unpaired) electrons. The van der Waals surface area contributed by atoms with Crippen molar-refractivity contribution in [3.8, 4) is 5.75 Å². The Hall–Kier alpha value is -1.26. The van der Waals surface area contributed by atoms with Crippen LogP contribution in [0, 0.1) is 0 Å². The number of ether oxygens (including phenoxy) is 1. The van der Waals surface area contributed by atoms with E-state index < -0.39 is 6.10 Å². The van der Waals surface area contributed by atoms with Gasteiger partial charge in [0, 0.05) is 19.6 Å². The van der Waals surface area contributed by atoms with Crippen LogP contribution in [-0.4, -0.2) is 43.1 Å². The monoisotopic (exact) mass is 326 g/mol. The molecule has 1 N–H and O–H groups in total. The molecule has 0 saturated carbocycles. The van der Waals surface area contributed by atoms with E-state index in [1.165, 1.54) is 5.56 Å². The first-order chi connectivity index (χ1) is 10.1. The molecule has 0 aliphatic carbocycles. The summed E-state index contributed by atoms with van der Waals surface area (Å²) in [4.78, 5) is 14.3. The highest BCUT2D eigenvalue weighted by molar-refractivity contribution is 5.85. The molecule has 1 unspecified atom stereocenters. The fourth-order valence-electron chi connectivity index (χ4n) is 2.52. The number of carbonyl (C=O) groups is 1. The van der Waals surface area contributed by atoms with Gasteiger partial charge in [-0.3, -0.25) is 4.79 Å². The molecule has 1 amide bonds. The number of nitrogens with one attached hydrogen (secondary N) is 1. The van der Waals surface area contributed by atoms with Crippen molar-refractivity contribution < 1.29 is 9.53 Å². The molecule has 0 bridgehead atoms. The van der Waals surface area contributed by atoms with E-state index in [1.807, 2.05) is 30.0 Å². The van der Waals surface area contributed by atoms with E-state index in [-0.39, 0.29) is 18.3 Å². The van der Waals surface area contributed by atoms with Gasteiger partial charge in [-0.05, 0) is 43.5 Å². The van der Waals surface area contributed by atoms with Crippen molar-refractivity contribution in [2.75, 3.05) is 26.2 Å². The average Bonchev–Trinajstić information content (AvgIpc) is 2.75. The van der Waals surface area contributed by atoms with E-state index in [0.717, 1.165) is 38.3 Å². The van der Waals surface area contributed by atoms with Gasteiger partial charge in [-0.1, -0.05) is 26.0 Å². The van der Waals surface area contributed by atoms with Gasteiger partial charge in [0.2, 0.25) is 0 Å². The van der Waals surface area contributed by atoms with Crippen molar-refractivity contribution in [3.05, 3.63) is 29.8 Å². The molecule has 1 fully saturated rings. The van der Waals surface area contributed by atoms with Gasteiger partial charge in [-0.2, -0.15) is 0 Å². The summed E-state index contributed by atoms with van der Waals surface area (Å²) in [5.41, 5.74) is 1.23. The fraction of sp³-hybridized carbons (Fsp3) is 0.588. The molecular weight excluding hydrogens is 300 g/mol. The van der Waals surface area contributed by atoms with Crippen molar-refractivity contribution in [1.29, 1.82) is 0 Å². The fourth-order valence-corrected chi connectivity index (χ4v) is 2.52. The minimum absolute atomic E-state index is 0. The molecule has 1 aromatic carbocycles. The lowest BCUT2D eigenvalue weighted by atomic mass is 10.0. The van der Waals surface area contributed by atoms with Crippen LogP contribution in [0.3, 0.4) is 0 Å². The van der Waals surface area contributed by atoms with Crippen molar-refractivity contribution in [1.82, 2.24) is 10.2 Å². The van der Waals surface area contributed by atoms with Gasteiger partial charge in [0.05, 0.1) is 0 Å². The molecule has 5 heteroatoms. The second kappa shape index (κ2) is 9.01. The van der Waals surface area contributed by atoms with Crippen LogP contribution in [-0.2, 0) is 4.79 Å². The SMILES string of the molecule is CC(Oc1cccc(C(C)C)c1)C(=O)N1CCCNCC1.Cl. The van der Waals surface area contributed by atoms with Gasteiger partial charge in [0.1, 0.15) is 5.75 Å². The van der Waals surface area contributed by atoms with E-state index in [2.05, 4.69) is 25.2 Å². The van der Waals surface area contributed by atoms with Crippen molar-refractivity contribution in [3.63, 3.8) is 0 Å². The highest BCUT2D eigenvalue weighted by atomic mass is 35.5. The Morgan fingerprint density at radius 1 is 1.23 bits per heavy atom. The van der Waals surface area contributed by atoms with Gasteiger partial charge in [0.15, 0.2) is 6.10 Å². The smallest absolute Gasteiger partial charge is 0.263 e. The number of hydrogen-bond donors (Lipinski definition) is 1. The van der Waals surface area contributed by atoms with Crippen LogP contribution in [0.4, 0.5) is 0 Å². The predicted molar refractivity (Wildman–Crippen MR) is 91.9 cm³/mol. The lowest BCUT2D eigenvalue weighted by molar-refractivity contribution is -0.137. The van der Waals surface area contributed by atoms with E-state index in [4.69, 9.17) is 4.74 Å². The van der Waals surface area contributed by atoms with E-state index in [0.29, 0.717) is 5.92 Å². The quantitative estimate of drug-likeness (QED) is 0.925. The summed E-state index contributed by atoms with van der Waals surface area (Å²) in [7, 11) is 0. The Balaban J connectivity index is 0.00000242. The maximum Gasteiger partial charge on any atom is 0.263 e. The number of rotatable bonds is 4. The second-order valence-corrected chi connectivity index (χ2v) is 5.92. The van der Waals surface area contributed by atoms with Crippen LogP contribution in [0.25, 0.3) is 0 Å². The molecule has 22 heavy (non-hydrogen) atoms. The molecule has 2 rings (SSSR count). The lowest BCUT2D eigenvalue weighted by Crippen LogP contribution is -2.42. The van der Waals surface area contributed by atoms with E-state index in [1.54, 1.807) is 0 Å². The molecule has 1 aliphatic heterocycles. The van der Waals surface area contributed by atoms with Gasteiger partial charge < -0.3 is 15.0 Å². The third-order valence-corrected chi connectivity index (χ3v) is 3.84. The molecule has 1 saturated heterocycles. The maximum absolute atomic E-state index is 12.4. The minimum Gasteiger partial charge on any atom is -0.481 e. The summed E-state index contributed by atoms with van der Waals surface area (Å²) in [6.07, 6.45) is 0.562. The Kier molecular flexibility index (Phi) is 7.69. The van der Waals surface area contributed by atoms with Gasteiger partial charge >= 0.3 is 0 Å². The third-order valence-electron chi connectivity index (χ3n) is 3.84. The summed E-state index contributed by atoms with van der Waals surface area (Å²) >= 11 is 0. The first-order valence-corrected chi connectivity index (χ1v) is 7.84. The molecule has 0 spiro atoms. The van der Waals surface area contributed by atoms with Crippen molar-refractivity contribution >= 4 is 18.3 Å². The summed E-state index contributed by atoms with van der Waals surface area (Å²) in [5.74, 6) is 1.31. The van der Waals surface area contributed by atoms with Crippen molar-refractivity contribution in [2.45, 2.75) is 39.2 Å². The van der Waals surface area contributed by atoms with E-state index >= 15 is 0 Å². The third kappa shape index (κ3) is 5.18. The van der Waals surface area contributed by atoms with Crippen LogP contribution in [0.5, 0.6) is 5.75 Å². The normalized spacial score (nSPS) is 16.6. The molecular formula is C17H27ClN2O2. The molecule has 124 valence electrons. The zero-order valence-corrected chi connectivity index (χ0v) is 14.5. The molecule has 1 aromatic rings. The number of carbonyl (C=O) groups excluding carboxylic acids is 1. The molecule has 1 heterocycles. The summed E-state index contributed by atoms with van der Waals surface area (Å²) < 4.78 is 5.85. The van der Waals surface area contributed by atoms with Crippen LogP contribution in [0.2, 0.25) is 0 Å². The van der Waals surface area contributed by atoms with Gasteiger partial charge in [-0.15, -0.1) is 12.4 Å². The number of amides is 1. The second-order valence-electron chi connectivity index (χ2n) is 5.92. The highest BCUT2D eigenvalue weighted by Crippen LogP contribution is 2.21. The minimum atomic E-state index is -0.439. The first-order valence-electron chi connectivity index (χ1n) is 7.84. The Morgan fingerprint density at radius 2 is 2.00 bits per heavy atom. The lowest BCUT2D eigenvalue weighted by Gasteiger charge is -2.24. The molecule has 1 aliphatic rings. The largest absolute Gasteiger partial charge is 0.481 e. The zero-order chi connectivity index (χ0) is 15.2. The number of halogens is 1.